The highest BCUT2D eigenvalue weighted by atomic mass is 29.1. The van der Waals surface area contributed by atoms with Gasteiger partial charge in [-0.3, -0.25) is 0 Å². The molecular formula is C26H20Si2. The molecule has 0 amide bonds. The Morgan fingerprint density at radius 1 is 0.429 bits per heavy atom. The molecular weight excluding hydrogens is 368 g/mol. The lowest BCUT2D eigenvalue weighted by Gasteiger charge is -2.10. The summed E-state index contributed by atoms with van der Waals surface area (Å²) in [5.41, 5.74) is 0. The van der Waals surface area contributed by atoms with Gasteiger partial charge in [0.15, 0.2) is 0 Å². The van der Waals surface area contributed by atoms with Crippen molar-refractivity contribution in [1.82, 2.24) is 0 Å². The first kappa shape index (κ1) is 16.0. The Morgan fingerprint density at radius 2 is 0.893 bits per heavy atom. The summed E-state index contributed by atoms with van der Waals surface area (Å²) in [6.45, 7) is 0. The van der Waals surface area contributed by atoms with E-state index in [1.165, 1.54) is 63.6 Å². The van der Waals surface area contributed by atoms with Gasteiger partial charge in [-0.25, -0.2) is 0 Å². The largest absolute Gasteiger partial charge is 0.0698 e. The Kier molecular flexibility index (Phi) is 3.45. The Labute approximate surface area is 168 Å². The molecule has 0 atom stereocenters. The van der Waals surface area contributed by atoms with Gasteiger partial charge in [-0.2, -0.15) is 0 Å². The van der Waals surface area contributed by atoms with Gasteiger partial charge in [0.05, 0.1) is 0 Å². The summed E-state index contributed by atoms with van der Waals surface area (Å²) in [4.78, 5) is 0. The number of rotatable bonds is 1. The summed E-state index contributed by atoms with van der Waals surface area (Å²) < 4.78 is 0. The average molecular weight is 389 g/mol. The van der Waals surface area contributed by atoms with Crippen molar-refractivity contribution in [3.63, 3.8) is 0 Å². The molecule has 0 aliphatic rings. The van der Waals surface area contributed by atoms with E-state index in [4.69, 9.17) is 0 Å². The molecule has 0 nitrogen and oxygen atoms in total. The van der Waals surface area contributed by atoms with Crippen LogP contribution < -0.4 is 5.19 Å². The lowest BCUT2D eigenvalue weighted by molar-refractivity contribution is 1.79. The highest BCUT2D eigenvalue weighted by molar-refractivity contribution is 6.97. The van der Waals surface area contributed by atoms with Gasteiger partial charge >= 0.3 is 0 Å². The number of hydrogen-bond acceptors (Lipinski definition) is 0. The normalized spacial score (nSPS) is 12.4. The molecule has 6 aromatic rings. The maximum atomic E-state index is 2.43. The molecule has 0 aliphatic carbocycles. The van der Waals surface area contributed by atoms with Crippen molar-refractivity contribution in [2.75, 3.05) is 0 Å². The molecule has 0 saturated heterocycles. The number of hydrogen-bond donors (Lipinski definition) is 0. The minimum Gasteiger partial charge on any atom is -0.0698 e. The Hall–Kier alpha value is -2.95. The predicted molar refractivity (Wildman–Crippen MR) is 132 cm³/mol. The summed E-state index contributed by atoms with van der Waals surface area (Å²) >= 11 is 0. The zero-order valence-electron chi connectivity index (χ0n) is 15.9. The molecule has 6 aromatic carbocycles. The molecule has 0 N–H and O–H groups in total. The first-order valence-corrected chi connectivity index (χ1v) is 16.4. The second-order valence-corrected chi connectivity index (χ2v) is 11.4. The molecule has 0 radical (unpaired) electrons. The summed E-state index contributed by atoms with van der Waals surface area (Å²) in [5.74, 6) is 0. The van der Waals surface area contributed by atoms with E-state index in [0.717, 1.165) is 0 Å². The zero-order valence-corrected chi connectivity index (χ0v) is 19.3. The van der Waals surface area contributed by atoms with Gasteiger partial charge < -0.3 is 0 Å². The van der Waals surface area contributed by atoms with Gasteiger partial charge in [0.2, 0.25) is 0 Å². The van der Waals surface area contributed by atoms with Crippen LogP contribution >= 0.6 is 0 Å². The van der Waals surface area contributed by atoms with Crippen molar-refractivity contribution in [3.05, 3.63) is 91.0 Å². The van der Waals surface area contributed by atoms with Crippen LogP contribution in [0.1, 0.15) is 0 Å². The fourth-order valence-corrected chi connectivity index (χ4v) is 6.61. The minimum absolute atomic E-state index is 0.00129. The predicted octanol–water partition coefficient (Wildman–Crippen LogP) is 4.53. The van der Waals surface area contributed by atoms with Crippen LogP contribution in [0, 0.1) is 0 Å². The van der Waals surface area contributed by atoms with Gasteiger partial charge in [-0.1, -0.05) is 59.8 Å². The van der Waals surface area contributed by atoms with E-state index in [2.05, 4.69) is 91.0 Å². The molecule has 6 rings (SSSR count). The van der Waals surface area contributed by atoms with Crippen LogP contribution in [0.25, 0.3) is 53.9 Å². The highest BCUT2D eigenvalue weighted by Gasteiger charge is 2.06. The standard InChI is InChI=1S/C26H20Si2/c27-28-24-8-7-18-9-19-5-6-20-12-21-10-16-3-1-2-4-17(16)11-22(21)14-25(20)26(19)15-23(18)13-24/h1-15H,28H2,27H3. The third kappa shape index (κ3) is 2.42. The van der Waals surface area contributed by atoms with Gasteiger partial charge in [-0.15, -0.1) is 0 Å². The van der Waals surface area contributed by atoms with E-state index >= 15 is 0 Å². The molecule has 0 aliphatic heterocycles. The Balaban J connectivity index is 1.73. The van der Waals surface area contributed by atoms with Crippen molar-refractivity contribution >= 4 is 77.8 Å². The molecule has 0 spiro atoms. The maximum Gasteiger partial charge on any atom is 0.0384 e. The van der Waals surface area contributed by atoms with Crippen molar-refractivity contribution < 1.29 is 0 Å². The van der Waals surface area contributed by atoms with Gasteiger partial charge in [0.1, 0.15) is 0 Å². The Bertz CT molecular complexity index is 1550. The summed E-state index contributed by atoms with van der Waals surface area (Å²) in [6, 6.07) is 34.4. The minimum atomic E-state index is 0.00129. The lowest BCUT2D eigenvalue weighted by Crippen LogP contribution is -2.12. The number of fused-ring (bicyclic) bond motifs is 6. The second kappa shape index (κ2) is 6.03. The average Bonchev–Trinajstić information content (AvgIpc) is 2.74. The molecule has 0 unspecified atom stereocenters. The third-order valence-electron chi connectivity index (χ3n) is 6.09. The fraction of sp³-hybridized carbons (Fsp3) is 0. The SMILES string of the molecule is [SiH3][SiH2]c1ccc2cc3ccc4cc5cc6ccccc6cc5cc4c3cc2c1. The van der Waals surface area contributed by atoms with Crippen molar-refractivity contribution in [2.45, 2.75) is 0 Å². The van der Waals surface area contributed by atoms with E-state index in [1.54, 1.807) is 5.19 Å². The molecule has 28 heavy (non-hydrogen) atoms. The van der Waals surface area contributed by atoms with E-state index < -0.39 is 0 Å². The fourth-order valence-electron chi connectivity index (χ4n) is 4.52. The van der Waals surface area contributed by atoms with Crippen LogP contribution in [-0.2, 0) is 0 Å². The maximum absolute atomic E-state index is 2.43. The first-order valence-electron chi connectivity index (χ1n) is 10.0. The van der Waals surface area contributed by atoms with E-state index in [-0.39, 0.29) is 9.04 Å². The summed E-state index contributed by atoms with van der Waals surface area (Å²) in [7, 11) is 1.35. The zero-order chi connectivity index (χ0) is 18.7. The smallest absolute Gasteiger partial charge is 0.0384 e. The van der Waals surface area contributed by atoms with E-state index in [0.29, 0.717) is 0 Å². The van der Waals surface area contributed by atoms with Crippen LogP contribution in [0.5, 0.6) is 0 Å². The van der Waals surface area contributed by atoms with Crippen molar-refractivity contribution in [1.29, 1.82) is 0 Å². The van der Waals surface area contributed by atoms with Gasteiger partial charge in [-0.05, 0) is 100 Å². The molecule has 0 saturated carbocycles. The van der Waals surface area contributed by atoms with Crippen LogP contribution in [-0.4, -0.2) is 18.8 Å². The number of benzene rings is 6. The van der Waals surface area contributed by atoms with E-state index in [9.17, 15) is 0 Å². The van der Waals surface area contributed by atoms with Crippen LogP contribution in [0.4, 0.5) is 0 Å². The van der Waals surface area contributed by atoms with E-state index in [1.807, 2.05) is 0 Å². The Morgan fingerprint density at radius 3 is 1.54 bits per heavy atom. The van der Waals surface area contributed by atoms with Gasteiger partial charge in [0.25, 0.3) is 0 Å². The van der Waals surface area contributed by atoms with Crippen molar-refractivity contribution in [2.24, 2.45) is 0 Å². The van der Waals surface area contributed by atoms with Crippen LogP contribution in [0.3, 0.4) is 0 Å². The quantitative estimate of drug-likeness (QED) is 0.221. The van der Waals surface area contributed by atoms with Crippen molar-refractivity contribution in [3.8, 4) is 0 Å². The monoisotopic (exact) mass is 388 g/mol. The molecule has 2 heteroatoms. The van der Waals surface area contributed by atoms with Gasteiger partial charge in [0, 0.05) is 9.04 Å². The molecule has 0 fully saturated rings. The first-order chi connectivity index (χ1) is 13.8. The van der Waals surface area contributed by atoms with Crippen LogP contribution in [0.15, 0.2) is 91.0 Å². The molecule has 0 bridgehead atoms. The molecule has 0 heterocycles. The summed E-state index contributed by atoms with van der Waals surface area (Å²) in [5, 5.41) is 15.0. The second-order valence-electron chi connectivity index (χ2n) is 7.79. The molecule has 0 aromatic heterocycles. The summed E-state index contributed by atoms with van der Waals surface area (Å²) in [6.07, 6.45) is 0. The molecule has 132 valence electrons. The topological polar surface area (TPSA) is 0 Å². The van der Waals surface area contributed by atoms with Crippen LogP contribution in [0.2, 0.25) is 0 Å². The highest BCUT2D eigenvalue weighted by Crippen LogP contribution is 2.33. The third-order valence-corrected chi connectivity index (χ3v) is 9.79. The lowest BCUT2D eigenvalue weighted by atomic mass is 9.95.